The summed E-state index contributed by atoms with van der Waals surface area (Å²) in [7, 11) is 1.43. The zero-order chi connectivity index (χ0) is 29.4. The fraction of sp³-hybridized carbons (Fsp3) is 0.320. The Morgan fingerprint density at radius 2 is 1.85 bits per heavy atom. The number of alkyl halides is 3. The van der Waals surface area contributed by atoms with E-state index in [0.717, 1.165) is 5.56 Å². The molecule has 214 valence electrons. The summed E-state index contributed by atoms with van der Waals surface area (Å²) in [6, 6.07) is 5.32. The van der Waals surface area contributed by atoms with Gasteiger partial charge in [0, 0.05) is 36.4 Å². The molecule has 2 heterocycles. The molecule has 0 saturated carbocycles. The number of anilines is 5. The average molecular weight is 580 g/mol. The molecule has 0 aliphatic rings. The van der Waals surface area contributed by atoms with Gasteiger partial charge >= 0.3 is 12.1 Å². The van der Waals surface area contributed by atoms with E-state index >= 15 is 0 Å². The van der Waals surface area contributed by atoms with Crippen LogP contribution in [0.3, 0.4) is 0 Å². The molecule has 1 aromatic carbocycles. The summed E-state index contributed by atoms with van der Waals surface area (Å²) in [5, 5.41) is 17.1. The highest BCUT2D eigenvalue weighted by Crippen LogP contribution is 2.37. The SMILES string of the molecule is COc1cc(Nc2ncc(C(F)(F)F)c(Nc3ccc(C)cc3NC(=O)CCSC[C@H](N)C(=O)O)n2)c(C)cn1. The summed E-state index contributed by atoms with van der Waals surface area (Å²) in [6.07, 6.45) is -2.53. The Hall–Kier alpha value is -4.11. The molecule has 3 rings (SSSR count). The van der Waals surface area contributed by atoms with Crippen molar-refractivity contribution in [1.29, 1.82) is 0 Å². The summed E-state index contributed by atoms with van der Waals surface area (Å²) < 4.78 is 46.6. The molecule has 0 aliphatic heterocycles. The van der Waals surface area contributed by atoms with E-state index in [1.165, 1.54) is 31.1 Å². The number of aromatic nitrogens is 3. The van der Waals surface area contributed by atoms with Crippen LogP contribution in [0.2, 0.25) is 0 Å². The number of aryl methyl sites for hydroxylation is 2. The van der Waals surface area contributed by atoms with Gasteiger partial charge in [0.25, 0.3) is 0 Å². The quantitative estimate of drug-likeness (QED) is 0.192. The van der Waals surface area contributed by atoms with Crippen LogP contribution in [0.5, 0.6) is 5.88 Å². The molecule has 0 aliphatic carbocycles. The Labute approximate surface area is 232 Å². The first kappa shape index (κ1) is 30.4. The minimum Gasteiger partial charge on any atom is -0.481 e. The van der Waals surface area contributed by atoms with Crippen molar-refractivity contribution in [2.75, 3.05) is 34.6 Å². The zero-order valence-electron chi connectivity index (χ0n) is 21.8. The predicted molar refractivity (Wildman–Crippen MR) is 146 cm³/mol. The summed E-state index contributed by atoms with van der Waals surface area (Å²) in [4.78, 5) is 35.3. The molecule has 6 N–H and O–H groups in total. The van der Waals surface area contributed by atoms with Gasteiger partial charge in [-0.25, -0.2) is 9.97 Å². The third kappa shape index (κ3) is 8.44. The normalized spacial score (nSPS) is 12.0. The predicted octanol–water partition coefficient (Wildman–Crippen LogP) is 4.48. The molecular formula is C25H28F3N7O4S. The number of methoxy groups -OCH3 is 1. The lowest BCUT2D eigenvalue weighted by Crippen LogP contribution is -2.32. The summed E-state index contributed by atoms with van der Waals surface area (Å²) in [5.41, 5.74) is 6.70. The van der Waals surface area contributed by atoms with E-state index in [1.54, 1.807) is 32.0 Å². The number of pyridine rings is 1. The third-order valence-electron chi connectivity index (χ3n) is 5.42. The van der Waals surface area contributed by atoms with Gasteiger partial charge in [-0.05, 0) is 37.1 Å². The Bertz CT molecular complexity index is 1370. The molecular weight excluding hydrogens is 551 g/mol. The highest BCUT2D eigenvalue weighted by Gasteiger charge is 2.35. The fourth-order valence-electron chi connectivity index (χ4n) is 3.27. The minimum atomic E-state index is -4.77. The van der Waals surface area contributed by atoms with E-state index in [2.05, 4.69) is 30.9 Å². The summed E-state index contributed by atoms with van der Waals surface area (Å²) in [5.74, 6) is -1.45. The number of carbonyl (C=O) groups excluding carboxylic acids is 1. The number of aliphatic carboxylic acids is 1. The molecule has 15 heteroatoms. The van der Waals surface area contributed by atoms with Gasteiger partial charge in [0.1, 0.15) is 17.4 Å². The molecule has 0 unspecified atom stereocenters. The van der Waals surface area contributed by atoms with Crippen LogP contribution in [0.1, 0.15) is 23.1 Å². The number of hydrogen-bond acceptors (Lipinski definition) is 10. The first-order chi connectivity index (χ1) is 18.9. The number of nitrogens with one attached hydrogen (secondary N) is 3. The smallest absolute Gasteiger partial charge is 0.421 e. The Kier molecular flexibility index (Phi) is 10.1. The standard InChI is InChI=1S/C25H28F3N7O4S/c1-13-4-5-17(19(8-13)32-20(36)6-7-40-12-16(29)23(37)38)33-22-15(25(26,27)28)11-31-24(35-22)34-18-9-21(39-3)30-10-14(18)2/h4-5,8-11,16H,6-7,12,29H2,1-3H3,(H,32,36)(H,37,38)(H2,30,31,33,34,35)/t16-/m0/s1. The molecule has 2 aromatic heterocycles. The maximum absolute atomic E-state index is 13.8. The van der Waals surface area contributed by atoms with Gasteiger partial charge in [-0.3, -0.25) is 9.59 Å². The average Bonchev–Trinajstić information content (AvgIpc) is 2.88. The van der Waals surface area contributed by atoms with Gasteiger partial charge in [-0.15, -0.1) is 0 Å². The fourth-order valence-corrected chi connectivity index (χ4v) is 4.17. The van der Waals surface area contributed by atoms with Gasteiger partial charge in [-0.2, -0.15) is 29.9 Å². The molecule has 1 amide bonds. The second-order valence-electron chi connectivity index (χ2n) is 8.61. The van der Waals surface area contributed by atoms with E-state index < -0.39 is 35.5 Å². The first-order valence-corrected chi connectivity index (χ1v) is 13.0. The number of amides is 1. The molecule has 0 bridgehead atoms. The maximum Gasteiger partial charge on any atom is 0.421 e. The molecule has 0 saturated heterocycles. The van der Waals surface area contributed by atoms with Crippen LogP contribution in [0.25, 0.3) is 0 Å². The molecule has 1 atom stereocenters. The number of benzene rings is 1. The van der Waals surface area contributed by atoms with Gasteiger partial charge in [-0.1, -0.05) is 6.07 Å². The lowest BCUT2D eigenvalue weighted by atomic mass is 10.1. The largest absolute Gasteiger partial charge is 0.481 e. The topological polar surface area (TPSA) is 164 Å². The lowest BCUT2D eigenvalue weighted by Gasteiger charge is -2.18. The number of nitrogens with two attached hydrogens (primary N) is 1. The number of carbonyl (C=O) groups is 2. The second kappa shape index (κ2) is 13.3. The number of hydrogen-bond donors (Lipinski definition) is 5. The Balaban J connectivity index is 1.83. The van der Waals surface area contributed by atoms with Crippen molar-refractivity contribution in [1.82, 2.24) is 15.0 Å². The lowest BCUT2D eigenvalue weighted by molar-refractivity contribution is -0.138. The van der Waals surface area contributed by atoms with Crippen LogP contribution in [0.4, 0.5) is 42.0 Å². The number of ether oxygens (including phenoxy) is 1. The van der Waals surface area contributed by atoms with Crippen LogP contribution in [0.15, 0.2) is 36.7 Å². The van der Waals surface area contributed by atoms with Crippen molar-refractivity contribution in [2.24, 2.45) is 5.73 Å². The van der Waals surface area contributed by atoms with Gasteiger partial charge in [0.05, 0.1) is 24.2 Å². The van der Waals surface area contributed by atoms with Crippen LogP contribution in [-0.2, 0) is 15.8 Å². The molecule has 40 heavy (non-hydrogen) atoms. The Morgan fingerprint density at radius 1 is 1.10 bits per heavy atom. The third-order valence-corrected chi connectivity index (χ3v) is 6.51. The first-order valence-electron chi connectivity index (χ1n) is 11.8. The van der Waals surface area contributed by atoms with Crippen molar-refractivity contribution >= 4 is 52.5 Å². The summed E-state index contributed by atoms with van der Waals surface area (Å²) in [6.45, 7) is 3.51. The van der Waals surface area contributed by atoms with Gasteiger partial charge in [0.15, 0.2) is 0 Å². The van der Waals surface area contributed by atoms with Crippen LogP contribution >= 0.6 is 11.8 Å². The maximum atomic E-state index is 13.8. The van der Waals surface area contributed by atoms with E-state index in [9.17, 15) is 22.8 Å². The van der Waals surface area contributed by atoms with E-state index in [-0.39, 0.29) is 29.5 Å². The Morgan fingerprint density at radius 3 is 2.52 bits per heavy atom. The molecule has 3 aromatic rings. The monoisotopic (exact) mass is 579 g/mol. The highest BCUT2D eigenvalue weighted by atomic mass is 32.2. The van der Waals surface area contributed by atoms with Gasteiger partial charge in [0.2, 0.25) is 17.7 Å². The number of nitrogens with zero attached hydrogens (tertiary/aromatic N) is 3. The molecule has 11 nitrogen and oxygen atoms in total. The number of rotatable bonds is 12. The molecule has 0 spiro atoms. The number of halogens is 3. The van der Waals surface area contributed by atoms with E-state index in [1.807, 2.05) is 0 Å². The van der Waals surface area contributed by atoms with Gasteiger partial charge < -0.3 is 31.5 Å². The van der Waals surface area contributed by atoms with Crippen molar-refractivity contribution in [3.05, 3.63) is 53.3 Å². The summed E-state index contributed by atoms with van der Waals surface area (Å²) >= 11 is 1.21. The van der Waals surface area contributed by atoms with Crippen molar-refractivity contribution in [3.63, 3.8) is 0 Å². The van der Waals surface area contributed by atoms with Crippen molar-refractivity contribution in [2.45, 2.75) is 32.5 Å². The van der Waals surface area contributed by atoms with Crippen molar-refractivity contribution < 1.29 is 32.6 Å². The molecule has 0 radical (unpaired) electrons. The van der Waals surface area contributed by atoms with Crippen LogP contribution in [-0.4, -0.2) is 56.6 Å². The zero-order valence-corrected chi connectivity index (χ0v) is 22.6. The van der Waals surface area contributed by atoms with Crippen LogP contribution < -0.4 is 26.4 Å². The molecule has 0 fully saturated rings. The van der Waals surface area contributed by atoms with Crippen LogP contribution in [0, 0.1) is 13.8 Å². The number of carboxylic acid groups (broad SMARTS) is 1. The number of carboxylic acids is 1. The number of thioether (sulfide) groups is 1. The highest BCUT2D eigenvalue weighted by molar-refractivity contribution is 7.99. The van der Waals surface area contributed by atoms with E-state index in [4.69, 9.17) is 15.6 Å². The second-order valence-corrected chi connectivity index (χ2v) is 9.76. The minimum absolute atomic E-state index is 0.0362. The van der Waals surface area contributed by atoms with E-state index in [0.29, 0.717) is 29.1 Å². The van der Waals surface area contributed by atoms with Crippen molar-refractivity contribution in [3.8, 4) is 5.88 Å².